The lowest BCUT2D eigenvalue weighted by Crippen LogP contribution is -2.40. The summed E-state index contributed by atoms with van der Waals surface area (Å²) in [5.74, 6) is 0.988. The van der Waals surface area contributed by atoms with E-state index in [1.54, 1.807) is 7.11 Å². The van der Waals surface area contributed by atoms with Gasteiger partial charge in [-0.2, -0.15) is 0 Å². The number of aliphatic hydroxyl groups is 1. The van der Waals surface area contributed by atoms with E-state index >= 15 is 0 Å². The van der Waals surface area contributed by atoms with Gasteiger partial charge in [-0.05, 0) is 24.5 Å². The summed E-state index contributed by atoms with van der Waals surface area (Å²) in [6, 6.07) is 6.40. The maximum atomic E-state index is 9.71. The second-order valence-corrected chi connectivity index (χ2v) is 4.66. The van der Waals surface area contributed by atoms with E-state index < -0.39 is 0 Å². The van der Waals surface area contributed by atoms with Crippen LogP contribution in [0.3, 0.4) is 0 Å². The lowest BCUT2D eigenvalue weighted by molar-refractivity contribution is 0.222. The standard InChI is InChI=1S/C15H21NO2.ClH/c1-3-9-16-13-8-7-11-5-4-6-14(18-2)15(11)12(13)10-17;/h3-6,12-13,16-17H,1,7-10H2,2H3;1H/t12-,13-;/m0./s1. The molecule has 1 aromatic rings. The van der Waals surface area contributed by atoms with E-state index in [9.17, 15) is 5.11 Å². The third-order valence-electron chi connectivity index (χ3n) is 3.68. The molecule has 19 heavy (non-hydrogen) atoms. The van der Waals surface area contributed by atoms with Crippen molar-refractivity contribution in [2.75, 3.05) is 20.3 Å². The zero-order valence-corrected chi connectivity index (χ0v) is 12.1. The summed E-state index contributed by atoms with van der Waals surface area (Å²) in [6.07, 6.45) is 3.92. The average molecular weight is 284 g/mol. The van der Waals surface area contributed by atoms with Gasteiger partial charge < -0.3 is 15.2 Å². The fourth-order valence-corrected chi connectivity index (χ4v) is 2.82. The van der Waals surface area contributed by atoms with Gasteiger partial charge in [0.15, 0.2) is 0 Å². The Morgan fingerprint density at radius 3 is 2.95 bits per heavy atom. The van der Waals surface area contributed by atoms with Crippen LogP contribution >= 0.6 is 12.4 Å². The highest BCUT2D eigenvalue weighted by Crippen LogP contribution is 2.37. The molecule has 0 saturated carbocycles. The molecular weight excluding hydrogens is 262 g/mol. The molecule has 1 aromatic carbocycles. The highest BCUT2D eigenvalue weighted by Gasteiger charge is 2.30. The first-order valence-electron chi connectivity index (χ1n) is 6.42. The molecular formula is C15H22ClNO2. The molecule has 1 aliphatic rings. The third kappa shape index (κ3) is 3.30. The van der Waals surface area contributed by atoms with E-state index in [0.29, 0.717) is 0 Å². The Hall–Kier alpha value is -1.03. The number of fused-ring (bicyclic) bond motifs is 1. The Bertz CT molecular complexity index is 408. The van der Waals surface area contributed by atoms with Crippen LogP contribution in [-0.4, -0.2) is 31.4 Å². The first-order chi connectivity index (χ1) is 8.81. The van der Waals surface area contributed by atoms with Gasteiger partial charge in [-0.1, -0.05) is 18.2 Å². The van der Waals surface area contributed by atoms with Crippen molar-refractivity contribution in [2.45, 2.75) is 24.8 Å². The number of aryl methyl sites for hydroxylation is 1. The minimum Gasteiger partial charge on any atom is -0.496 e. The third-order valence-corrected chi connectivity index (χ3v) is 3.68. The van der Waals surface area contributed by atoms with Crippen LogP contribution in [0.2, 0.25) is 0 Å². The van der Waals surface area contributed by atoms with Gasteiger partial charge in [0.2, 0.25) is 0 Å². The number of benzene rings is 1. The fraction of sp³-hybridized carbons (Fsp3) is 0.467. The Morgan fingerprint density at radius 2 is 2.32 bits per heavy atom. The first kappa shape index (κ1) is 16.0. The normalized spacial score (nSPS) is 21.2. The quantitative estimate of drug-likeness (QED) is 0.815. The van der Waals surface area contributed by atoms with E-state index in [0.717, 1.165) is 30.7 Å². The predicted molar refractivity (Wildman–Crippen MR) is 80.4 cm³/mol. The summed E-state index contributed by atoms with van der Waals surface area (Å²) in [5, 5.41) is 13.1. The molecule has 0 saturated heterocycles. The molecule has 2 atom stereocenters. The Balaban J connectivity index is 0.00000180. The zero-order valence-electron chi connectivity index (χ0n) is 11.3. The van der Waals surface area contributed by atoms with Crippen molar-refractivity contribution in [3.05, 3.63) is 42.0 Å². The molecule has 2 N–H and O–H groups in total. The second-order valence-electron chi connectivity index (χ2n) is 4.66. The number of aliphatic hydroxyl groups excluding tert-OH is 1. The van der Waals surface area contributed by atoms with Crippen LogP contribution in [-0.2, 0) is 6.42 Å². The lowest BCUT2D eigenvalue weighted by Gasteiger charge is -2.34. The molecule has 3 nitrogen and oxygen atoms in total. The molecule has 106 valence electrons. The largest absolute Gasteiger partial charge is 0.496 e. The van der Waals surface area contributed by atoms with E-state index in [1.807, 2.05) is 18.2 Å². The summed E-state index contributed by atoms with van der Waals surface area (Å²) in [4.78, 5) is 0. The summed E-state index contributed by atoms with van der Waals surface area (Å²) >= 11 is 0. The van der Waals surface area contributed by atoms with Gasteiger partial charge in [-0.3, -0.25) is 0 Å². The summed E-state index contributed by atoms with van der Waals surface area (Å²) in [6.45, 7) is 4.63. The SMILES string of the molecule is C=CCN[C@H]1CCc2cccc(OC)c2[C@H]1CO.Cl. The van der Waals surface area contributed by atoms with E-state index in [4.69, 9.17) is 4.74 Å². The Labute approximate surface area is 121 Å². The Kier molecular flexibility index (Phi) is 6.35. The number of hydrogen-bond acceptors (Lipinski definition) is 3. The molecule has 4 heteroatoms. The lowest BCUT2D eigenvalue weighted by atomic mass is 9.79. The number of nitrogens with one attached hydrogen (secondary N) is 1. The molecule has 0 aromatic heterocycles. The molecule has 0 spiro atoms. The maximum Gasteiger partial charge on any atom is 0.122 e. The van der Waals surface area contributed by atoms with Crippen molar-refractivity contribution in [3.8, 4) is 5.75 Å². The molecule has 0 bridgehead atoms. The van der Waals surface area contributed by atoms with Crippen LogP contribution in [0.4, 0.5) is 0 Å². The van der Waals surface area contributed by atoms with Crippen LogP contribution < -0.4 is 10.1 Å². The maximum absolute atomic E-state index is 9.71. The van der Waals surface area contributed by atoms with Crippen LogP contribution in [0.5, 0.6) is 5.75 Å². The van der Waals surface area contributed by atoms with Crippen molar-refractivity contribution in [3.63, 3.8) is 0 Å². The molecule has 0 heterocycles. The summed E-state index contributed by atoms with van der Waals surface area (Å²) < 4.78 is 5.44. The summed E-state index contributed by atoms with van der Waals surface area (Å²) in [5.41, 5.74) is 2.46. The number of rotatable bonds is 5. The number of hydrogen-bond donors (Lipinski definition) is 2. The van der Waals surface area contributed by atoms with Crippen molar-refractivity contribution in [1.29, 1.82) is 0 Å². The van der Waals surface area contributed by atoms with Gasteiger partial charge in [-0.25, -0.2) is 0 Å². The van der Waals surface area contributed by atoms with Gasteiger partial charge in [-0.15, -0.1) is 19.0 Å². The van der Waals surface area contributed by atoms with Gasteiger partial charge in [0.1, 0.15) is 5.75 Å². The Morgan fingerprint density at radius 1 is 1.53 bits per heavy atom. The molecule has 0 unspecified atom stereocenters. The molecule has 0 aliphatic heterocycles. The molecule has 2 rings (SSSR count). The van der Waals surface area contributed by atoms with Crippen LogP contribution in [0.15, 0.2) is 30.9 Å². The topological polar surface area (TPSA) is 41.5 Å². The summed E-state index contributed by atoms with van der Waals surface area (Å²) in [7, 11) is 1.69. The monoisotopic (exact) mass is 283 g/mol. The molecule has 0 radical (unpaired) electrons. The minimum atomic E-state index is 0. The molecule has 0 amide bonds. The highest BCUT2D eigenvalue weighted by molar-refractivity contribution is 5.85. The minimum absolute atomic E-state index is 0. The second kappa shape index (κ2) is 7.53. The van der Waals surface area contributed by atoms with E-state index in [1.165, 1.54) is 5.56 Å². The van der Waals surface area contributed by atoms with Gasteiger partial charge in [0, 0.05) is 24.1 Å². The van der Waals surface area contributed by atoms with E-state index in [2.05, 4.69) is 18.0 Å². The zero-order chi connectivity index (χ0) is 13.0. The van der Waals surface area contributed by atoms with Crippen molar-refractivity contribution in [1.82, 2.24) is 5.32 Å². The van der Waals surface area contributed by atoms with Crippen molar-refractivity contribution >= 4 is 12.4 Å². The average Bonchev–Trinajstić information content (AvgIpc) is 2.43. The van der Waals surface area contributed by atoms with E-state index in [-0.39, 0.29) is 31.0 Å². The van der Waals surface area contributed by atoms with Gasteiger partial charge in [0.05, 0.1) is 13.7 Å². The fourth-order valence-electron chi connectivity index (χ4n) is 2.82. The van der Waals surface area contributed by atoms with Crippen LogP contribution in [0.25, 0.3) is 0 Å². The number of halogens is 1. The molecule has 0 fully saturated rings. The van der Waals surface area contributed by atoms with Gasteiger partial charge in [0.25, 0.3) is 0 Å². The van der Waals surface area contributed by atoms with Crippen LogP contribution in [0.1, 0.15) is 23.5 Å². The first-order valence-corrected chi connectivity index (χ1v) is 6.42. The van der Waals surface area contributed by atoms with Crippen molar-refractivity contribution in [2.24, 2.45) is 0 Å². The highest BCUT2D eigenvalue weighted by atomic mass is 35.5. The smallest absolute Gasteiger partial charge is 0.122 e. The van der Waals surface area contributed by atoms with Crippen molar-refractivity contribution < 1.29 is 9.84 Å². The predicted octanol–water partition coefficient (Wildman–Crippen LogP) is 2.28. The molecule has 1 aliphatic carbocycles. The van der Waals surface area contributed by atoms with Crippen LogP contribution in [0, 0.1) is 0 Å². The number of methoxy groups -OCH3 is 1. The van der Waals surface area contributed by atoms with Gasteiger partial charge >= 0.3 is 0 Å². The number of ether oxygens (including phenoxy) is 1.